The van der Waals surface area contributed by atoms with Crippen molar-refractivity contribution >= 4 is 17.2 Å². The quantitative estimate of drug-likeness (QED) is 0.837. The van der Waals surface area contributed by atoms with Crippen LogP contribution in [0.2, 0.25) is 0 Å². The summed E-state index contributed by atoms with van der Waals surface area (Å²) in [6.45, 7) is 7.65. The summed E-state index contributed by atoms with van der Waals surface area (Å²) in [5.74, 6) is 0.959. The summed E-state index contributed by atoms with van der Waals surface area (Å²) in [4.78, 5) is 17.7. The van der Waals surface area contributed by atoms with Gasteiger partial charge in [0.05, 0.1) is 13.1 Å². The molecule has 1 saturated heterocycles. The van der Waals surface area contributed by atoms with Crippen LogP contribution in [0.15, 0.2) is 17.5 Å². The molecule has 2 rings (SSSR count). The Bertz CT molecular complexity index is 415. The van der Waals surface area contributed by atoms with Gasteiger partial charge in [0.15, 0.2) is 0 Å². The Morgan fingerprint density at radius 2 is 2.19 bits per heavy atom. The van der Waals surface area contributed by atoms with Crippen molar-refractivity contribution in [1.82, 2.24) is 15.1 Å². The molecule has 0 radical (unpaired) electrons. The molecular weight excluding hydrogens is 282 g/mol. The predicted molar refractivity (Wildman–Crippen MR) is 88.5 cm³/mol. The monoisotopic (exact) mass is 309 g/mol. The van der Waals surface area contributed by atoms with Crippen LogP contribution in [-0.4, -0.2) is 55.5 Å². The van der Waals surface area contributed by atoms with Gasteiger partial charge < -0.3 is 10.2 Å². The maximum atomic E-state index is 12.4. The van der Waals surface area contributed by atoms with Gasteiger partial charge in [0.25, 0.3) is 0 Å². The summed E-state index contributed by atoms with van der Waals surface area (Å²) in [5, 5.41) is 5.46. The van der Waals surface area contributed by atoms with Gasteiger partial charge in [0, 0.05) is 18.5 Å². The molecule has 0 aliphatic carbocycles. The van der Waals surface area contributed by atoms with Crippen molar-refractivity contribution in [2.75, 3.05) is 39.8 Å². The number of carbonyl (C=O) groups excluding carboxylic acids is 1. The lowest BCUT2D eigenvalue weighted by molar-refractivity contribution is -0.131. The van der Waals surface area contributed by atoms with Crippen LogP contribution >= 0.6 is 11.3 Å². The maximum Gasteiger partial charge on any atom is 0.236 e. The molecular formula is C16H27N3OS. The third kappa shape index (κ3) is 5.41. The smallest absolute Gasteiger partial charge is 0.236 e. The van der Waals surface area contributed by atoms with Crippen molar-refractivity contribution in [2.45, 2.75) is 26.3 Å². The zero-order valence-corrected chi connectivity index (χ0v) is 14.0. The Morgan fingerprint density at radius 1 is 1.43 bits per heavy atom. The number of piperidine rings is 1. The molecule has 0 spiro atoms. The van der Waals surface area contributed by atoms with Gasteiger partial charge in [-0.3, -0.25) is 9.69 Å². The number of thiophene rings is 1. The topological polar surface area (TPSA) is 35.6 Å². The molecule has 5 heteroatoms. The van der Waals surface area contributed by atoms with Crippen molar-refractivity contribution < 1.29 is 4.79 Å². The van der Waals surface area contributed by atoms with Gasteiger partial charge in [-0.05, 0) is 49.8 Å². The zero-order valence-electron chi connectivity index (χ0n) is 13.2. The summed E-state index contributed by atoms with van der Waals surface area (Å²) in [6, 6.07) is 4.12. The average Bonchev–Trinajstić information content (AvgIpc) is 3.00. The van der Waals surface area contributed by atoms with Gasteiger partial charge >= 0.3 is 0 Å². The highest BCUT2D eigenvalue weighted by molar-refractivity contribution is 7.09. The second-order valence-corrected chi connectivity index (χ2v) is 6.88. The van der Waals surface area contributed by atoms with Crippen LogP contribution in [0, 0.1) is 5.92 Å². The third-order valence-corrected chi connectivity index (χ3v) is 5.04. The fraction of sp³-hybridized carbons (Fsp3) is 0.688. The van der Waals surface area contributed by atoms with Crippen LogP contribution in [0.1, 0.15) is 24.6 Å². The molecule has 0 aromatic carbocycles. The number of nitrogens with one attached hydrogen (secondary N) is 1. The SMILES string of the molecule is CCN(CC(=O)N(C)Cc1cccs1)CC1CCNCC1. The molecule has 1 N–H and O–H groups in total. The highest BCUT2D eigenvalue weighted by Gasteiger charge is 2.19. The van der Waals surface area contributed by atoms with Gasteiger partial charge in [0.1, 0.15) is 0 Å². The van der Waals surface area contributed by atoms with Gasteiger partial charge in [0.2, 0.25) is 5.91 Å². The Morgan fingerprint density at radius 3 is 2.81 bits per heavy atom. The molecule has 21 heavy (non-hydrogen) atoms. The Balaban J connectivity index is 1.78. The summed E-state index contributed by atoms with van der Waals surface area (Å²) in [5.41, 5.74) is 0. The molecule has 1 aliphatic heterocycles. The molecule has 4 nitrogen and oxygen atoms in total. The highest BCUT2D eigenvalue weighted by Crippen LogP contribution is 2.14. The first-order chi connectivity index (χ1) is 10.2. The lowest BCUT2D eigenvalue weighted by Gasteiger charge is -2.30. The number of likely N-dealkylation sites (N-methyl/N-ethyl adjacent to an activating group) is 2. The van der Waals surface area contributed by atoms with E-state index in [-0.39, 0.29) is 5.91 Å². The van der Waals surface area contributed by atoms with Crippen molar-refractivity contribution in [3.8, 4) is 0 Å². The number of carbonyl (C=O) groups is 1. The normalized spacial score (nSPS) is 16.3. The zero-order chi connectivity index (χ0) is 15.1. The number of hydrogen-bond acceptors (Lipinski definition) is 4. The number of amides is 1. The molecule has 2 heterocycles. The first-order valence-electron chi connectivity index (χ1n) is 7.88. The molecule has 0 atom stereocenters. The molecule has 1 aliphatic rings. The Kier molecular flexibility index (Phi) is 6.67. The average molecular weight is 309 g/mol. The van der Waals surface area contributed by atoms with Crippen molar-refractivity contribution in [3.05, 3.63) is 22.4 Å². The Hall–Kier alpha value is -0.910. The maximum absolute atomic E-state index is 12.4. The van der Waals surface area contributed by atoms with E-state index in [1.165, 1.54) is 17.7 Å². The van der Waals surface area contributed by atoms with E-state index in [1.807, 2.05) is 18.0 Å². The molecule has 0 bridgehead atoms. The van der Waals surface area contributed by atoms with Crippen LogP contribution in [0.5, 0.6) is 0 Å². The lowest BCUT2D eigenvalue weighted by Crippen LogP contribution is -2.42. The van der Waals surface area contributed by atoms with Crippen LogP contribution in [-0.2, 0) is 11.3 Å². The number of rotatable bonds is 7. The van der Waals surface area contributed by atoms with Crippen LogP contribution in [0.3, 0.4) is 0 Å². The number of hydrogen-bond donors (Lipinski definition) is 1. The van der Waals surface area contributed by atoms with E-state index in [0.717, 1.165) is 38.6 Å². The predicted octanol–water partition coefficient (Wildman–Crippen LogP) is 2.03. The van der Waals surface area contributed by atoms with Crippen molar-refractivity contribution in [1.29, 1.82) is 0 Å². The van der Waals surface area contributed by atoms with E-state index in [0.29, 0.717) is 6.54 Å². The van der Waals surface area contributed by atoms with E-state index in [4.69, 9.17) is 0 Å². The molecule has 0 saturated carbocycles. The molecule has 1 fully saturated rings. The van der Waals surface area contributed by atoms with Crippen LogP contribution in [0.25, 0.3) is 0 Å². The van der Waals surface area contributed by atoms with Crippen molar-refractivity contribution in [3.63, 3.8) is 0 Å². The van der Waals surface area contributed by atoms with Crippen LogP contribution < -0.4 is 5.32 Å². The lowest BCUT2D eigenvalue weighted by atomic mass is 9.97. The largest absolute Gasteiger partial charge is 0.340 e. The molecule has 118 valence electrons. The molecule has 1 aromatic rings. The van der Waals surface area contributed by atoms with Gasteiger partial charge in [-0.25, -0.2) is 0 Å². The first kappa shape index (κ1) is 16.5. The van der Waals surface area contributed by atoms with Gasteiger partial charge in [-0.2, -0.15) is 0 Å². The second-order valence-electron chi connectivity index (χ2n) is 5.85. The van der Waals surface area contributed by atoms with E-state index in [9.17, 15) is 4.79 Å². The molecule has 1 amide bonds. The van der Waals surface area contributed by atoms with E-state index < -0.39 is 0 Å². The number of nitrogens with zero attached hydrogens (tertiary/aromatic N) is 2. The first-order valence-corrected chi connectivity index (χ1v) is 8.76. The van der Waals surface area contributed by atoms with Crippen molar-refractivity contribution in [2.24, 2.45) is 5.92 Å². The van der Waals surface area contributed by atoms with Gasteiger partial charge in [-0.15, -0.1) is 11.3 Å². The summed E-state index contributed by atoms with van der Waals surface area (Å²) >= 11 is 1.71. The van der Waals surface area contributed by atoms with E-state index in [2.05, 4.69) is 28.6 Å². The highest BCUT2D eigenvalue weighted by atomic mass is 32.1. The Labute approximate surface area is 132 Å². The third-order valence-electron chi connectivity index (χ3n) is 4.18. The minimum absolute atomic E-state index is 0.221. The van der Waals surface area contributed by atoms with Gasteiger partial charge in [-0.1, -0.05) is 13.0 Å². The van der Waals surface area contributed by atoms with Crippen LogP contribution in [0.4, 0.5) is 0 Å². The second kappa shape index (κ2) is 8.51. The minimum Gasteiger partial charge on any atom is -0.340 e. The van der Waals surface area contributed by atoms with E-state index >= 15 is 0 Å². The summed E-state index contributed by atoms with van der Waals surface area (Å²) in [6.07, 6.45) is 2.46. The fourth-order valence-corrected chi connectivity index (χ4v) is 3.53. The summed E-state index contributed by atoms with van der Waals surface area (Å²) in [7, 11) is 1.90. The molecule has 0 unspecified atom stereocenters. The fourth-order valence-electron chi connectivity index (χ4n) is 2.77. The minimum atomic E-state index is 0.221. The molecule has 1 aromatic heterocycles. The standard InChI is InChI=1S/C16H27N3OS/c1-3-19(11-14-6-8-17-9-7-14)13-16(20)18(2)12-15-5-4-10-21-15/h4-5,10,14,17H,3,6-9,11-13H2,1-2H3. The summed E-state index contributed by atoms with van der Waals surface area (Å²) < 4.78 is 0. The van der Waals surface area contributed by atoms with E-state index in [1.54, 1.807) is 11.3 Å².